The van der Waals surface area contributed by atoms with Crippen LogP contribution in [-0.2, 0) is 4.79 Å². The molecular weight excluding hydrogens is 779 g/mol. The van der Waals surface area contributed by atoms with Gasteiger partial charge in [0.25, 0.3) is 0 Å². The molecule has 0 bridgehead atoms. The largest absolute Gasteiger partial charge is 0.394 e. The summed E-state index contributed by atoms with van der Waals surface area (Å²) in [6, 6.07) is -1.01. The third-order valence-electron chi connectivity index (χ3n) is 12.8. The van der Waals surface area contributed by atoms with Crippen molar-refractivity contribution in [1.82, 2.24) is 5.32 Å². The lowest BCUT2D eigenvalue weighted by atomic mass is 10.00. The van der Waals surface area contributed by atoms with Gasteiger partial charge in [-0.1, -0.05) is 249 Å². The van der Waals surface area contributed by atoms with Gasteiger partial charge >= 0.3 is 0 Å². The van der Waals surface area contributed by atoms with E-state index in [-0.39, 0.29) is 0 Å². The highest BCUT2D eigenvalue weighted by molar-refractivity contribution is 5.80. The van der Waals surface area contributed by atoms with Crippen molar-refractivity contribution in [3.8, 4) is 0 Å². The van der Waals surface area contributed by atoms with E-state index in [1.807, 2.05) is 0 Å². The van der Waals surface area contributed by atoms with E-state index < -0.39 is 36.9 Å². The predicted octanol–water partition coefficient (Wildman–Crippen LogP) is 15.8. The van der Waals surface area contributed by atoms with Crippen molar-refractivity contribution < 1.29 is 25.2 Å². The molecule has 1 amide bonds. The second-order valence-electron chi connectivity index (χ2n) is 18.9. The molecule has 0 fully saturated rings. The van der Waals surface area contributed by atoms with Gasteiger partial charge in [-0.05, 0) is 77.0 Å². The molecule has 0 saturated carbocycles. The Hall–Kier alpha value is -1.73. The summed E-state index contributed by atoms with van der Waals surface area (Å²) in [4.78, 5) is 12.5. The number of allylic oxidation sites excluding steroid dienone is 8. The minimum absolute atomic E-state index is 0.359. The molecule has 0 aromatic heterocycles. The molecule has 4 atom stereocenters. The number of unbranched alkanes of at least 4 members (excludes halogenated alkanes) is 33. The van der Waals surface area contributed by atoms with Crippen LogP contribution in [-0.4, -0.2) is 57.3 Å². The number of aliphatic hydroxyl groups excluding tert-OH is 4. The fourth-order valence-electron chi connectivity index (χ4n) is 8.46. The highest BCUT2D eigenvalue weighted by atomic mass is 16.3. The molecule has 4 unspecified atom stereocenters. The molecule has 0 spiro atoms. The summed E-state index contributed by atoms with van der Waals surface area (Å²) < 4.78 is 0. The number of rotatable bonds is 50. The number of nitrogens with one attached hydrogen (secondary N) is 1. The summed E-state index contributed by atoms with van der Waals surface area (Å²) in [5, 5.41) is 43.5. The van der Waals surface area contributed by atoms with Crippen LogP contribution < -0.4 is 5.32 Å². The zero-order valence-electron chi connectivity index (χ0n) is 41.8. The maximum Gasteiger partial charge on any atom is 0.249 e. The molecule has 63 heavy (non-hydrogen) atoms. The van der Waals surface area contributed by atoms with Crippen LogP contribution in [0.4, 0.5) is 0 Å². The van der Waals surface area contributed by atoms with Gasteiger partial charge in [-0.15, -0.1) is 0 Å². The predicted molar refractivity (Wildman–Crippen MR) is 274 cm³/mol. The van der Waals surface area contributed by atoms with Crippen molar-refractivity contribution >= 4 is 5.91 Å². The van der Waals surface area contributed by atoms with Gasteiger partial charge in [0.1, 0.15) is 12.2 Å². The molecule has 5 N–H and O–H groups in total. The third kappa shape index (κ3) is 45.2. The van der Waals surface area contributed by atoms with Crippen LogP contribution >= 0.6 is 0 Å². The van der Waals surface area contributed by atoms with Gasteiger partial charge in [0.15, 0.2) is 0 Å². The van der Waals surface area contributed by atoms with Crippen molar-refractivity contribution in [2.75, 3.05) is 6.61 Å². The Morgan fingerprint density at radius 2 is 0.762 bits per heavy atom. The number of hydrogen-bond acceptors (Lipinski definition) is 5. The Kier molecular flexibility index (Phi) is 49.8. The molecule has 0 aromatic rings. The monoisotopic (exact) mass is 886 g/mol. The van der Waals surface area contributed by atoms with E-state index in [0.717, 1.165) is 51.4 Å². The summed E-state index contributed by atoms with van der Waals surface area (Å²) >= 11 is 0. The first-order chi connectivity index (χ1) is 31.0. The first-order valence-corrected chi connectivity index (χ1v) is 27.5. The van der Waals surface area contributed by atoms with Gasteiger partial charge < -0.3 is 25.7 Å². The maximum absolute atomic E-state index is 12.5. The molecule has 0 heterocycles. The molecule has 0 saturated heterocycles. The number of amides is 1. The number of aliphatic hydroxyl groups is 4. The Bertz CT molecular complexity index is 1040. The van der Waals surface area contributed by atoms with E-state index in [0.29, 0.717) is 19.3 Å². The van der Waals surface area contributed by atoms with Crippen LogP contribution in [0.15, 0.2) is 48.6 Å². The summed E-state index contributed by atoms with van der Waals surface area (Å²) in [7, 11) is 0. The molecule has 0 aliphatic heterocycles. The molecule has 370 valence electrons. The quantitative estimate of drug-likeness (QED) is 0.0309. The van der Waals surface area contributed by atoms with Crippen LogP contribution in [0.3, 0.4) is 0 Å². The van der Waals surface area contributed by atoms with Gasteiger partial charge in [-0.2, -0.15) is 0 Å². The highest BCUT2D eigenvalue weighted by Gasteiger charge is 2.28. The minimum atomic E-state index is -1.29. The normalized spacial score (nSPS) is 14.2. The first-order valence-electron chi connectivity index (χ1n) is 27.5. The SMILES string of the molecule is CC/C=C/CC/C=C/CCCC(O)C(O)C(CO)NC(=O)C(O)CCCCCCCCCCCCCCCCCC/C=C\C/C=C\CCCCCCCCCCCCCCCCC. The van der Waals surface area contributed by atoms with Crippen LogP contribution in [0.1, 0.15) is 277 Å². The van der Waals surface area contributed by atoms with E-state index >= 15 is 0 Å². The van der Waals surface area contributed by atoms with E-state index in [9.17, 15) is 25.2 Å². The Morgan fingerprint density at radius 3 is 1.17 bits per heavy atom. The Morgan fingerprint density at radius 1 is 0.413 bits per heavy atom. The molecular formula is C57H107NO5. The number of carbonyl (C=O) groups excluding carboxylic acids is 1. The van der Waals surface area contributed by atoms with Crippen LogP contribution in [0.5, 0.6) is 0 Å². The summed E-state index contributed by atoms with van der Waals surface area (Å²) in [6.07, 6.45) is 65.2. The standard InChI is InChI=1S/C57H107NO5/c1-3-5-7-9-11-13-14-15-16-17-18-19-20-21-22-23-24-25-26-27-28-29-30-31-32-33-34-35-36-37-38-39-40-41-43-45-47-49-51-55(61)57(63)58-53(52-59)56(62)54(60)50-48-46-44-42-12-10-8-6-4-2/h6,8,24-25,27-28,42,44,53-56,59-62H,3-5,7,9-23,26,29-41,43,45-52H2,1-2H3,(H,58,63)/b8-6+,25-24-,28-27-,44-42+. The van der Waals surface area contributed by atoms with Gasteiger partial charge in [0, 0.05) is 0 Å². The fraction of sp³-hybridized carbons (Fsp3) is 0.842. The van der Waals surface area contributed by atoms with Crippen LogP contribution in [0.2, 0.25) is 0 Å². The molecule has 0 radical (unpaired) electrons. The van der Waals surface area contributed by atoms with E-state index in [1.54, 1.807) is 0 Å². The number of carbonyl (C=O) groups is 1. The lowest BCUT2D eigenvalue weighted by Crippen LogP contribution is -2.53. The van der Waals surface area contributed by atoms with Gasteiger partial charge in [0.2, 0.25) is 5.91 Å². The average Bonchev–Trinajstić information content (AvgIpc) is 3.29. The van der Waals surface area contributed by atoms with E-state index in [1.165, 1.54) is 193 Å². The zero-order valence-corrected chi connectivity index (χ0v) is 41.8. The fourth-order valence-corrected chi connectivity index (χ4v) is 8.46. The summed E-state index contributed by atoms with van der Waals surface area (Å²) in [5.41, 5.74) is 0. The second-order valence-corrected chi connectivity index (χ2v) is 18.9. The number of hydrogen-bond donors (Lipinski definition) is 5. The molecule has 0 aromatic carbocycles. The van der Waals surface area contributed by atoms with Crippen molar-refractivity contribution in [2.45, 2.75) is 301 Å². The summed E-state index contributed by atoms with van der Waals surface area (Å²) in [6.45, 7) is 3.91. The maximum atomic E-state index is 12.5. The highest BCUT2D eigenvalue weighted by Crippen LogP contribution is 2.17. The van der Waals surface area contributed by atoms with Gasteiger partial charge in [-0.25, -0.2) is 0 Å². The molecule has 0 aliphatic rings. The Balaban J connectivity index is 3.51. The van der Waals surface area contributed by atoms with E-state index in [4.69, 9.17) is 0 Å². The lowest BCUT2D eigenvalue weighted by Gasteiger charge is -2.27. The van der Waals surface area contributed by atoms with Gasteiger partial charge in [-0.3, -0.25) is 4.79 Å². The van der Waals surface area contributed by atoms with Crippen LogP contribution in [0, 0.1) is 0 Å². The Labute approximate surface area is 391 Å². The smallest absolute Gasteiger partial charge is 0.249 e. The molecule has 6 nitrogen and oxygen atoms in total. The van der Waals surface area contributed by atoms with Crippen molar-refractivity contribution in [1.29, 1.82) is 0 Å². The zero-order chi connectivity index (χ0) is 45.9. The average molecular weight is 886 g/mol. The third-order valence-corrected chi connectivity index (χ3v) is 12.8. The van der Waals surface area contributed by atoms with E-state index in [2.05, 4.69) is 67.8 Å². The minimum Gasteiger partial charge on any atom is -0.394 e. The van der Waals surface area contributed by atoms with Crippen molar-refractivity contribution in [3.63, 3.8) is 0 Å². The second kappa shape index (κ2) is 51.3. The molecule has 0 rings (SSSR count). The first kappa shape index (κ1) is 61.3. The molecule has 6 heteroatoms. The van der Waals surface area contributed by atoms with Gasteiger partial charge in [0.05, 0.1) is 18.8 Å². The lowest BCUT2D eigenvalue weighted by molar-refractivity contribution is -0.132. The van der Waals surface area contributed by atoms with Crippen molar-refractivity contribution in [2.24, 2.45) is 0 Å². The summed E-state index contributed by atoms with van der Waals surface area (Å²) in [5.74, 6) is -0.599. The van der Waals surface area contributed by atoms with Crippen molar-refractivity contribution in [3.05, 3.63) is 48.6 Å². The molecule has 0 aliphatic carbocycles. The topological polar surface area (TPSA) is 110 Å². The van der Waals surface area contributed by atoms with Crippen LogP contribution in [0.25, 0.3) is 0 Å².